The third-order valence-corrected chi connectivity index (χ3v) is 2.93. The molecule has 1 atom stereocenters. The molecule has 0 amide bonds. The van der Waals surface area contributed by atoms with Gasteiger partial charge in [-0.3, -0.25) is 0 Å². The van der Waals surface area contributed by atoms with Gasteiger partial charge in [-0.25, -0.2) is 0 Å². The second-order valence-corrected chi connectivity index (χ2v) is 4.39. The van der Waals surface area contributed by atoms with Crippen LogP contribution in [0.5, 0.6) is 0 Å². The lowest BCUT2D eigenvalue weighted by Crippen LogP contribution is -2.23. The summed E-state index contributed by atoms with van der Waals surface area (Å²) in [5, 5.41) is 13.6. The number of nitrogens with two attached hydrogens (primary N) is 1. The van der Waals surface area contributed by atoms with E-state index in [2.05, 4.69) is 5.32 Å². The number of rotatable bonds is 4. The highest BCUT2D eigenvalue weighted by Gasteiger charge is 2.21. The fourth-order valence-electron chi connectivity index (χ4n) is 1.45. The first-order chi connectivity index (χ1) is 7.16. The molecule has 15 heavy (non-hydrogen) atoms. The zero-order chi connectivity index (χ0) is 10.8. The third-order valence-electron chi connectivity index (χ3n) is 2.58. The summed E-state index contributed by atoms with van der Waals surface area (Å²) in [6.45, 7) is 0.575. The van der Waals surface area contributed by atoms with Crippen molar-refractivity contribution in [3.8, 4) is 0 Å². The van der Waals surface area contributed by atoms with Gasteiger partial charge >= 0.3 is 0 Å². The van der Waals surface area contributed by atoms with Crippen molar-refractivity contribution in [1.29, 1.82) is 0 Å². The fourth-order valence-corrected chi connectivity index (χ4v) is 1.57. The molecule has 0 bridgehead atoms. The second-order valence-electron chi connectivity index (χ2n) is 3.98. The van der Waals surface area contributed by atoms with E-state index in [0.717, 1.165) is 5.56 Å². The predicted octanol–water partition coefficient (Wildman–Crippen LogP) is 1.71. The van der Waals surface area contributed by atoms with Crippen LogP contribution in [0.3, 0.4) is 0 Å². The molecule has 1 aliphatic carbocycles. The topological polar surface area (TPSA) is 58.3 Å². The Kier molecular flexibility index (Phi) is 3.14. The normalized spacial score (nSPS) is 17.7. The molecule has 0 spiro atoms. The lowest BCUT2D eigenvalue weighted by molar-refractivity contribution is 0.174. The number of aliphatic hydroxyl groups excluding tert-OH is 1. The van der Waals surface area contributed by atoms with Crippen molar-refractivity contribution in [2.45, 2.75) is 25.0 Å². The van der Waals surface area contributed by atoms with Crippen LogP contribution in [-0.4, -0.2) is 17.7 Å². The molecule has 0 aromatic heterocycles. The highest BCUT2D eigenvalue weighted by molar-refractivity contribution is 6.33. The van der Waals surface area contributed by atoms with Crippen molar-refractivity contribution in [3.05, 3.63) is 28.8 Å². The van der Waals surface area contributed by atoms with Gasteiger partial charge in [-0.15, -0.1) is 0 Å². The Morgan fingerprint density at radius 1 is 1.53 bits per heavy atom. The lowest BCUT2D eigenvalue weighted by Gasteiger charge is -2.12. The van der Waals surface area contributed by atoms with E-state index in [1.165, 1.54) is 12.8 Å². The van der Waals surface area contributed by atoms with Crippen LogP contribution < -0.4 is 11.1 Å². The highest BCUT2D eigenvalue weighted by atomic mass is 35.5. The molecule has 2 rings (SSSR count). The monoisotopic (exact) mass is 226 g/mol. The number of halogens is 1. The molecule has 3 nitrogen and oxygen atoms in total. The minimum absolute atomic E-state index is 0.509. The number of hydrogen-bond donors (Lipinski definition) is 3. The SMILES string of the molecule is Nc1cc(C(O)CNC2CC2)ccc1Cl. The summed E-state index contributed by atoms with van der Waals surface area (Å²) in [5.74, 6) is 0. The maximum absolute atomic E-state index is 9.85. The minimum atomic E-state index is -0.509. The molecule has 0 heterocycles. The largest absolute Gasteiger partial charge is 0.398 e. The fraction of sp³-hybridized carbons (Fsp3) is 0.455. The van der Waals surface area contributed by atoms with E-state index in [1.54, 1.807) is 18.2 Å². The molecular formula is C11H15ClN2O. The quantitative estimate of drug-likeness (QED) is 0.685. The van der Waals surface area contributed by atoms with E-state index in [1.807, 2.05) is 0 Å². The highest BCUT2D eigenvalue weighted by Crippen LogP contribution is 2.24. The van der Waals surface area contributed by atoms with Gasteiger partial charge in [0.1, 0.15) is 0 Å². The van der Waals surface area contributed by atoms with Crippen LogP contribution in [0.1, 0.15) is 24.5 Å². The second kappa shape index (κ2) is 4.39. The van der Waals surface area contributed by atoms with Gasteiger partial charge < -0.3 is 16.2 Å². The molecule has 1 aromatic carbocycles. The van der Waals surface area contributed by atoms with Crippen molar-refractivity contribution in [3.63, 3.8) is 0 Å². The molecule has 1 aliphatic rings. The average molecular weight is 227 g/mol. The van der Waals surface area contributed by atoms with Gasteiger partial charge in [0.2, 0.25) is 0 Å². The zero-order valence-electron chi connectivity index (χ0n) is 8.41. The van der Waals surface area contributed by atoms with Crippen molar-refractivity contribution < 1.29 is 5.11 Å². The number of nitrogen functional groups attached to an aromatic ring is 1. The van der Waals surface area contributed by atoms with Gasteiger partial charge in [0.15, 0.2) is 0 Å². The maximum Gasteiger partial charge on any atom is 0.0915 e. The van der Waals surface area contributed by atoms with Crippen LogP contribution >= 0.6 is 11.6 Å². The Bertz CT molecular complexity index is 352. The van der Waals surface area contributed by atoms with Crippen molar-refractivity contribution >= 4 is 17.3 Å². The maximum atomic E-state index is 9.85. The number of hydrogen-bond acceptors (Lipinski definition) is 3. The smallest absolute Gasteiger partial charge is 0.0915 e. The Morgan fingerprint density at radius 3 is 2.87 bits per heavy atom. The summed E-state index contributed by atoms with van der Waals surface area (Å²) in [6, 6.07) is 5.84. The summed E-state index contributed by atoms with van der Waals surface area (Å²) in [5.41, 5.74) is 6.99. The van der Waals surface area contributed by atoms with Crippen molar-refractivity contribution in [2.75, 3.05) is 12.3 Å². The standard InChI is InChI=1S/C11H15ClN2O/c12-9-4-1-7(5-10(9)13)11(15)6-14-8-2-3-8/h1,4-5,8,11,14-15H,2-3,6,13H2. The van der Waals surface area contributed by atoms with Crippen LogP contribution in [0.2, 0.25) is 5.02 Å². The van der Waals surface area contributed by atoms with Gasteiger partial charge in [-0.2, -0.15) is 0 Å². The molecule has 0 aliphatic heterocycles. The first-order valence-corrected chi connectivity index (χ1v) is 5.51. The molecule has 4 N–H and O–H groups in total. The van der Waals surface area contributed by atoms with E-state index >= 15 is 0 Å². The molecule has 1 saturated carbocycles. The summed E-state index contributed by atoms with van der Waals surface area (Å²) >= 11 is 5.80. The number of nitrogens with one attached hydrogen (secondary N) is 1. The summed E-state index contributed by atoms with van der Waals surface area (Å²) in [7, 11) is 0. The van der Waals surface area contributed by atoms with E-state index in [4.69, 9.17) is 17.3 Å². The van der Waals surface area contributed by atoms with E-state index in [0.29, 0.717) is 23.3 Å². The average Bonchev–Trinajstić information content (AvgIpc) is 3.02. The molecule has 4 heteroatoms. The Labute approximate surface area is 94.2 Å². The van der Waals surface area contributed by atoms with Crippen molar-refractivity contribution in [1.82, 2.24) is 5.32 Å². The lowest BCUT2D eigenvalue weighted by atomic mass is 10.1. The van der Waals surface area contributed by atoms with E-state index in [-0.39, 0.29) is 0 Å². The molecule has 1 unspecified atom stereocenters. The van der Waals surface area contributed by atoms with Gasteiger partial charge in [-0.1, -0.05) is 17.7 Å². The summed E-state index contributed by atoms with van der Waals surface area (Å²) < 4.78 is 0. The molecule has 0 saturated heterocycles. The van der Waals surface area contributed by atoms with Crippen molar-refractivity contribution in [2.24, 2.45) is 0 Å². The van der Waals surface area contributed by atoms with E-state index < -0.39 is 6.10 Å². The van der Waals surface area contributed by atoms with Gasteiger partial charge in [0.25, 0.3) is 0 Å². The summed E-state index contributed by atoms with van der Waals surface area (Å²) in [6.07, 6.45) is 1.93. The van der Waals surface area contributed by atoms with Crippen LogP contribution in [0.15, 0.2) is 18.2 Å². The van der Waals surface area contributed by atoms with Crippen LogP contribution in [0.4, 0.5) is 5.69 Å². The minimum Gasteiger partial charge on any atom is -0.398 e. The molecular weight excluding hydrogens is 212 g/mol. The first-order valence-electron chi connectivity index (χ1n) is 5.13. The summed E-state index contributed by atoms with van der Waals surface area (Å²) in [4.78, 5) is 0. The number of anilines is 1. The van der Waals surface area contributed by atoms with Crippen LogP contribution in [-0.2, 0) is 0 Å². The predicted molar refractivity (Wildman–Crippen MR) is 61.8 cm³/mol. The van der Waals surface area contributed by atoms with Gasteiger partial charge in [-0.05, 0) is 30.5 Å². The number of aliphatic hydroxyl groups is 1. The third kappa shape index (κ3) is 2.84. The van der Waals surface area contributed by atoms with Crippen LogP contribution in [0.25, 0.3) is 0 Å². The number of benzene rings is 1. The first kappa shape index (κ1) is 10.7. The van der Waals surface area contributed by atoms with Gasteiger partial charge in [0.05, 0.1) is 16.8 Å². The molecule has 1 fully saturated rings. The van der Waals surface area contributed by atoms with Crippen LogP contribution in [0, 0.1) is 0 Å². The Morgan fingerprint density at radius 2 is 2.27 bits per heavy atom. The van der Waals surface area contributed by atoms with E-state index in [9.17, 15) is 5.11 Å². The molecule has 0 radical (unpaired) electrons. The van der Waals surface area contributed by atoms with Gasteiger partial charge in [0, 0.05) is 12.6 Å². The molecule has 1 aromatic rings. The Balaban J connectivity index is 1.97. The molecule has 82 valence electrons. The Hall–Kier alpha value is -0.770. The zero-order valence-corrected chi connectivity index (χ0v) is 9.17.